The van der Waals surface area contributed by atoms with Crippen LogP contribution in [0.3, 0.4) is 0 Å². The Morgan fingerprint density at radius 2 is 1.68 bits per heavy atom. The number of hydrogen-bond donors (Lipinski definition) is 1. The molecule has 0 spiro atoms. The molecule has 0 radical (unpaired) electrons. The van der Waals surface area contributed by atoms with Gasteiger partial charge in [-0.25, -0.2) is 0 Å². The van der Waals surface area contributed by atoms with Crippen LogP contribution in [0.1, 0.15) is 40.0 Å². The summed E-state index contributed by atoms with van der Waals surface area (Å²) in [5.74, 6) is -0.0283. The van der Waals surface area contributed by atoms with Gasteiger partial charge in [-0.1, -0.05) is 36.4 Å². The number of carbonyl (C=O) groups is 1. The van der Waals surface area contributed by atoms with Gasteiger partial charge in [0.25, 0.3) is 5.91 Å². The first-order chi connectivity index (χ1) is 9.08. The van der Waals surface area contributed by atoms with Gasteiger partial charge in [-0.2, -0.15) is 0 Å². The van der Waals surface area contributed by atoms with Gasteiger partial charge in [0.15, 0.2) is 0 Å². The van der Waals surface area contributed by atoms with E-state index >= 15 is 0 Å². The molecule has 2 rings (SSSR count). The standard InChI is InChI=1S/C17H19NO/c1-12-9-10-16(11-13(12)2)17(19)18-14(3)15-7-5-4-6-8-15/h4-11,14H,1-3H3,(H,18,19)/t14-/m1/s1. The van der Waals surface area contributed by atoms with Gasteiger partial charge in [-0.05, 0) is 49.6 Å². The highest BCUT2D eigenvalue weighted by Crippen LogP contribution is 2.14. The van der Waals surface area contributed by atoms with E-state index in [4.69, 9.17) is 0 Å². The first-order valence-corrected chi connectivity index (χ1v) is 6.51. The average molecular weight is 253 g/mol. The molecule has 1 N–H and O–H groups in total. The van der Waals surface area contributed by atoms with Crippen LogP contribution in [0.5, 0.6) is 0 Å². The Morgan fingerprint density at radius 3 is 2.32 bits per heavy atom. The number of benzene rings is 2. The van der Waals surface area contributed by atoms with E-state index in [2.05, 4.69) is 5.32 Å². The predicted molar refractivity (Wildman–Crippen MR) is 78.2 cm³/mol. The lowest BCUT2D eigenvalue weighted by Crippen LogP contribution is -2.26. The van der Waals surface area contributed by atoms with Crippen LogP contribution < -0.4 is 5.32 Å². The molecule has 2 heteroatoms. The largest absolute Gasteiger partial charge is 0.346 e. The number of aryl methyl sites for hydroxylation is 2. The van der Waals surface area contributed by atoms with Crippen LogP contribution in [0.15, 0.2) is 48.5 Å². The summed E-state index contributed by atoms with van der Waals surface area (Å²) >= 11 is 0. The number of amides is 1. The van der Waals surface area contributed by atoms with Crippen molar-refractivity contribution in [3.05, 3.63) is 70.8 Å². The maximum absolute atomic E-state index is 12.2. The highest BCUT2D eigenvalue weighted by atomic mass is 16.1. The maximum atomic E-state index is 12.2. The zero-order valence-electron chi connectivity index (χ0n) is 11.6. The van der Waals surface area contributed by atoms with Crippen molar-refractivity contribution >= 4 is 5.91 Å². The van der Waals surface area contributed by atoms with Crippen molar-refractivity contribution in [3.63, 3.8) is 0 Å². The van der Waals surface area contributed by atoms with E-state index in [-0.39, 0.29) is 11.9 Å². The van der Waals surface area contributed by atoms with Crippen LogP contribution in [0.4, 0.5) is 0 Å². The predicted octanol–water partition coefficient (Wildman–Crippen LogP) is 3.79. The van der Waals surface area contributed by atoms with Crippen LogP contribution >= 0.6 is 0 Å². The van der Waals surface area contributed by atoms with Gasteiger partial charge in [0.1, 0.15) is 0 Å². The molecule has 0 saturated carbocycles. The van der Waals surface area contributed by atoms with Crippen LogP contribution in [-0.4, -0.2) is 5.91 Å². The molecule has 0 bridgehead atoms. The van der Waals surface area contributed by atoms with Gasteiger partial charge < -0.3 is 5.32 Å². The summed E-state index contributed by atoms with van der Waals surface area (Å²) < 4.78 is 0. The monoisotopic (exact) mass is 253 g/mol. The van der Waals surface area contributed by atoms with Crippen LogP contribution in [0.25, 0.3) is 0 Å². The van der Waals surface area contributed by atoms with E-state index in [1.807, 2.05) is 69.3 Å². The van der Waals surface area contributed by atoms with Gasteiger partial charge >= 0.3 is 0 Å². The molecule has 1 amide bonds. The molecular weight excluding hydrogens is 234 g/mol. The number of carbonyl (C=O) groups excluding carboxylic acids is 1. The third kappa shape index (κ3) is 3.22. The number of rotatable bonds is 3. The third-order valence-electron chi connectivity index (χ3n) is 3.42. The first-order valence-electron chi connectivity index (χ1n) is 6.51. The Bertz CT molecular complexity index is 575. The zero-order valence-corrected chi connectivity index (χ0v) is 11.6. The smallest absolute Gasteiger partial charge is 0.251 e. The number of hydrogen-bond acceptors (Lipinski definition) is 1. The van der Waals surface area contributed by atoms with Crippen molar-refractivity contribution in [2.75, 3.05) is 0 Å². The second-order valence-electron chi connectivity index (χ2n) is 4.90. The van der Waals surface area contributed by atoms with Crippen LogP contribution in [-0.2, 0) is 0 Å². The SMILES string of the molecule is Cc1ccc(C(=O)N[C@H](C)c2ccccc2)cc1C. The van der Waals surface area contributed by atoms with Gasteiger partial charge in [-0.15, -0.1) is 0 Å². The Hall–Kier alpha value is -2.09. The summed E-state index contributed by atoms with van der Waals surface area (Å²) in [5, 5.41) is 3.02. The quantitative estimate of drug-likeness (QED) is 0.885. The molecule has 0 saturated heterocycles. The molecule has 2 aromatic carbocycles. The summed E-state index contributed by atoms with van der Waals surface area (Å²) in [5.41, 5.74) is 4.17. The lowest BCUT2D eigenvalue weighted by Gasteiger charge is -2.14. The molecule has 0 aliphatic carbocycles. The summed E-state index contributed by atoms with van der Waals surface area (Å²) in [4.78, 5) is 12.2. The van der Waals surface area contributed by atoms with Crippen molar-refractivity contribution in [2.24, 2.45) is 0 Å². The minimum Gasteiger partial charge on any atom is -0.346 e. The summed E-state index contributed by atoms with van der Waals surface area (Å²) in [6.07, 6.45) is 0. The molecule has 0 aliphatic rings. The molecule has 2 nitrogen and oxygen atoms in total. The number of nitrogens with one attached hydrogen (secondary N) is 1. The summed E-state index contributed by atoms with van der Waals surface area (Å²) in [6, 6.07) is 15.8. The Labute approximate surface area is 114 Å². The first kappa shape index (κ1) is 13.3. The van der Waals surface area contributed by atoms with E-state index < -0.39 is 0 Å². The van der Waals surface area contributed by atoms with Crippen molar-refractivity contribution in [3.8, 4) is 0 Å². The second kappa shape index (κ2) is 5.70. The van der Waals surface area contributed by atoms with Crippen molar-refractivity contribution in [1.29, 1.82) is 0 Å². The summed E-state index contributed by atoms with van der Waals surface area (Å²) in [7, 11) is 0. The van der Waals surface area contributed by atoms with E-state index in [0.717, 1.165) is 11.1 Å². The lowest BCUT2D eigenvalue weighted by molar-refractivity contribution is 0.0940. The van der Waals surface area contributed by atoms with E-state index in [0.29, 0.717) is 5.56 Å². The second-order valence-corrected chi connectivity index (χ2v) is 4.90. The fraction of sp³-hybridized carbons (Fsp3) is 0.235. The minimum atomic E-state index is -0.0283. The van der Waals surface area contributed by atoms with E-state index in [1.54, 1.807) is 0 Å². The maximum Gasteiger partial charge on any atom is 0.251 e. The topological polar surface area (TPSA) is 29.1 Å². The van der Waals surface area contributed by atoms with Crippen molar-refractivity contribution in [2.45, 2.75) is 26.8 Å². The third-order valence-corrected chi connectivity index (χ3v) is 3.42. The molecule has 0 unspecified atom stereocenters. The molecule has 0 aliphatic heterocycles. The van der Waals surface area contributed by atoms with Crippen molar-refractivity contribution < 1.29 is 4.79 Å². The Kier molecular flexibility index (Phi) is 4.00. The molecule has 19 heavy (non-hydrogen) atoms. The van der Waals surface area contributed by atoms with Gasteiger partial charge in [0.05, 0.1) is 6.04 Å². The van der Waals surface area contributed by atoms with Crippen LogP contribution in [0.2, 0.25) is 0 Å². The Morgan fingerprint density at radius 1 is 1.00 bits per heavy atom. The average Bonchev–Trinajstić information content (AvgIpc) is 2.42. The Balaban J connectivity index is 2.11. The summed E-state index contributed by atoms with van der Waals surface area (Å²) in [6.45, 7) is 6.06. The molecule has 2 aromatic rings. The highest BCUT2D eigenvalue weighted by Gasteiger charge is 2.11. The molecule has 0 aromatic heterocycles. The molecular formula is C17H19NO. The highest BCUT2D eigenvalue weighted by molar-refractivity contribution is 5.94. The van der Waals surface area contributed by atoms with Gasteiger partial charge in [0.2, 0.25) is 0 Å². The molecule has 1 atom stereocenters. The van der Waals surface area contributed by atoms with Crippen molar-refractivity contribution in [1.82, 2.24) is 5.32 Å². The van der Waals surface area contributed by atoms with Gasteiger partial charge in [0, 0.05) is 5.56 Å². The van der Waals surface area contributed by atoms with Gasteiger partial charge in [-0.3, -0.25) is 4.79 Å². The normalized spacial score (nSPS) is 11.9. The molecule has 0 heterocycles. The molecule has 0 fully saturated rings. The van der Waals surface area contributed by atoms with E-state index in [1.165, 1.54) is 5.56 Å². The van der Waals surface area contributed by atoms with E-state index in [9.17, 15) is 4.79 Å². The molecule has 98 valence electrons. The zero-order chi connectivity index (χ0) is 13.8. The fourth-order valence-corrected chi connectivity index (χ4v) is 1.99. The van der Waals surface area contributed by atoms with Crippen LogP contribution in [0, 0.1) is 13.8 Å². The minimum absolute atomic E-state index is 0.00955. The lowest BCUT2D eigenvalue weighted by atomic mass is 10.0. The fourth-order valence-electron chi connectivity index (χ4n) is 1.99.